The summed E-state index contributed by atoms with van der Waals surface area (Å²) in [6.45, 7) is 11.9. The largest absolute Gasteiger partial charge is 0.319 e. The molecule has 1 fully saturated rings. The molecule has 1 N–H and O–H groups in total. The summed E-state index contributed by atoms with van der Waals surface area (Å²) in [4.78, 5) is 2.73. The minimum atomic E-state index is 0.715. The van der Waals surface area contributed by atoms with E-state index in [4.69, 9.17) is 0 Å². The van der Waals surface area contributed by atoms with Crippen LogP contribution in [0.2, 0.25) is 0 Å². The highest BCUT2D eigenvalue weighted by Gasteiger charge is 2.32. The van der Waals surface area contributed by atoms with Crippen LogP contribution in [0.3, 0.4) is 0 Å². The molecule has 1 heterocycles. The lowest BCUT2D eigenvalue weighted by Gasteiger charge is -2.36. The van der Waals surface area contributed by atoms with E-state index in [1.165, 1.54) is 19.4 Å². The van der Waals surface area contributed by atoms with Gasteiger partial charge in [-0.2, -0.15) is 0 Å². The van der Waals surface area contributed by atoms with E-state index in [1.54, 1.807) is 0 Å². The average Bonchev–Trinajstić information content (AvgIpc) is 2.65. The van der Waals surface area contributed by atoms with Crippen molar-refractivity contribution < 1.29 is 0 Å². The third-order valence-corrected chi connectivity index (χ3v) is 3.98. The molecule has 3 unspecified atom stereocenters. The Morgan fingerprint density at radius 3 is 2.47 bits per heavy atom. The van der Waals surface area contributed by atoms with E-state index in [1.807, 2.05) is 7.05 Å². The molecule has 0 aromatic rings. The zero-order valence-corrected chi connectivity index (χ0v) is 11.1. The molecule has 1 rings (SSSR count). The summed E-state index contributed by atoms with van der Waals surface area (Å²) in [5.41, 5.74) is 0. The maximum Gasteiger partial charge on any atom is 0.0122 e. The van der Waals surface area contributed by atoms with Crippen molar-refractivity contribution in [1.82, 2.24) is 10.2 Å². The summed E-state index contributed by atoms with van der Waals surface area (Å²) in [6.07, 6.45) is 2.79. The van der Waals surface area contributed by atoms with Gasteiger partial charge in [0.15, 0.2) is 0 Å². The number of rotatable bonds is 5. The van der Waals surface area contributed by atoms with Crippen molar-refractivity contribution in [3.8, 4) is 0 Å². The summed E-state index contributed by atoms with van der Waals surface area (Å²) in [7, 11) is 2.05. The van der Waals surface area contributed by atoms with Crippen LogP contribution in [-0.2, 0) is 0 Å². The second-order valence-corrected chi connectivity index (χ2v) is 5.47. The van der Waals surface area contributed by atoms with Crippen LogP contribution < -0.4 is 5.32 Å². The fourth-order valence-corrected chi connectivity index (χ4v) is 2.86. The molecule has 0 aliphatic carbocycles. The lowest BCUT2D eigenvalue weighted by atomic mass is 9.97. The van der Waals surface area contributed by atoms with E-state index in [0.29, 0.717) is 6.04 Å². The fourth-order valence-electron chi connectivity index (χ4n) is 2.86. The molecule has 0 aromatic heterocycles. The van der Waals surface area contributed by atoms with Gasteiger partial charge < -0.3 is 5.32 Å². The van der Waals surface area contributed by atoms with Gasteiger partial charge in [0.2, 0.25) is 0 Å². The summed E-state index contributed by atoms with van der Waals surface area (Å²) in [6, 6.07) is 1.53. The molecule has 2 heteroatoms. The van der Waals surface area contributed by atoms with Gasteiger partial charge in [-0.05, 0) is 51.7 Å². The lowest BCUT2D eigenvalue weighted by Crippen LogP contribution is -2.45. The predicted molar refractivity (Wildman–Crippen MR) is 67.1 cm³/mol. The van der Waals surface area contributed by atoms with Gasteiger partial charge in [-0.3, -0.25) is 4.90 Å². The molecule has 0 saturated carbocycles. The van der Waals surface area contributed by atoms with Crippen molar-refractivity contribution in [2.24, 2.45) is 11.8 Å². The molecular formula is C13H28N2. The quantitative estimate of drug-likeness (QED) is 0.752. The fraction of sp³-hybridized carbons (Fsp3) is 1.00. The molecule has 15 heavy (non-hydrogen) atoms. The molecule has 0 amide bonds. The highest BCUT2D eigenvalue weighted by atomic mass is 15.2. The number of likely N-dealkylation sites (tertiary alicyclic amines) is 1. The summed E-state index contributed by atoms with van der Waals surface area (Å²) in [5, 5.41) is 3.29. The van der Waals surface area contributed by atoms with E-state index in [9.17, 15) is 0 Å². The first-order valence-corrected chi connectivity index (χ1v) is 6.48. The first-order valence-electron chi connectivity index (χ1n) is 6.48. The first-order chi connectivity index (χ1) is 7.07. The molecule has 0 bridgehead atoms. The third kappa shape index (κ3) is 3.18. The van der Waals surface area contributed by atoms with E-state index in [0.717, 1.165) is 24.4 Å². The second kappa shape index (κ2) is 5.86. The number of nitrogens with one attached hydrogen (secondary N) is 1. The molecule has 0 aromatic carbocycles. The van der Waals surface area contributed by atoms with Crippen LogP contribution in [-0.4, -0.2) is 37.1 Å². The molecule has 90 valence electrons. The molecule has 2 nitrogen and oxygen atoms in total. The molecular weight excluding hydrogens is 184 g/mol. The minimum absolute atomic E-state index is 0.715. The van der Waals surface area contributed by atoms with Gasteiger partial charge in [0, 0.05) is 12.1 Å². The van der Waals surface area contributed by atoms with E-state index in [2.05, 4.69) is 37.9 Å². The highest BCUT2D eigenvalue weighted by Crippen LogP contribution is 2.28. The lowest BCUT2D eigenvalue weighted by molar-refractivity contribution is 0.119. The Kier molecular flexibility index (Phi) is 5.07. The first kappa shape index (κ1) is 13.0. The Balaban J connectivity index is 2.53. The highest BCUT2D eigenvalue weighted by molar-refractivity contribution is 4.87. The molecule has 1 saturated heterocycles. The van der Waals surface area contributed by atoms with E-state index >= 15 is 0 Å². The van der Waals surface area contributed by atoms with Crippen molar-refractivity contribution in [1.29, 1.82) is 0 Å². The van der Waals surface area contributed by atoms with Crippen LogP contribution in [0.5, 0.6) is 0 Å². The Bertz CT molecular complexity index is 179. The molecule has 0 radical (unpaired) electrons. The van der Waals surface area contributed by atoms with Gasteiger partial charge in [-0.15, -0.1) is 0 Å². The smallest absolute Gasteiger partial charge is 0.0122 e. The van der Waals surface area contributed by atoms with Crippen molar-refractivity contribution in [2.75, 3.05) is 20.1 Å². The van der Waals surface area contributed by atoms with Crippen LogP contribution in [0.25, 0.3) is 0 Å². The van der Waals surface area contributed by atoms with Crippen LogP contribution >= 0.6 is 0 Å². The Morgan fingerprint density at radius 1 is 1.27 bits per heavy atom. The second-order valence-electron chi connectivity index (χ2n) is 5.47. The number of hydrogen-bond acceptors (Lipinski definition) is 2. The van der Waals surface area contributed by atoms with Gasteiger partial charge in [0.25, 0.3) is 0 Å². The topological polar surface area (TPSA) is 15.3 Å². The monoisotopic (exact) mass is 212 g/mol. The van der Waals surface area contributed by atoms with E-state index < -0.39 is 0 Å². The van der Waals surface area contributed by atoms with Gasteiger partial charge >= 0.3 is 0 Å². The van der Waals surface area contributed by atoms with Crippen molar-refractivity contribution in [2.45, 2.75) is 52.6 Å². The van der Waals surface area contributed by atoms with E-state index in [-0.39, 0.29) is 0 Å². The van der Waals surface area contributed by atoms with Gasteiger partial charge in [-0.25, -0.2) is 0 Å². The van der Waals surface area contributed by atoms with Crippen LogP contribution in [0.1, 0.15) is 40.5 Å². The van der Waals surface area contributed by atoms with Crippen molar-refractivity contribution in [3.63, 3.8) is 0 Å². The molecule has 0 spiro atoms. The van der Waals surface area contributed by atoms with Gasteiger partial charge in [-0.1, -0.05) is 20.8 Å². The van der Waals surface area contributed by atoms with Crippen molar-refractivity contribution >= 4 is 0 Å². The molecule has 3 atom stereocenters. The summed E-state index contributed by atoms with van der Waals surface area (Å²) >= 11 is 0. The van der Waals surface area contributed by atoms with Gasteiger partial charge in [0.05, 0.1) is 0 Å². The third-order valence-electron chi connectivity index (χ3n) is 3.98. The predicted octanol–water partition coefficient (Wildman–Crippen LogP) is 2.35. The standard InChI is InChI=1S/C13H28N2/c1-10(2)13-7-6-8-15(13)12(4)11(3)9-14-5/h10-14H,6-9H2,1-5H3. The van der Waals surface area contributed by atoms with Gasteiger partial charge in [0.1, 0.15) is 0 Å². The minimum Gasteiger partial charge on any atom is -0.319 e. The maximum atomic E-state index is 3.29. The van der Waals surface area contributed by atoms with Crippen LogP contribution in [0.15, 0.2) is 0 Å². The SMILES string of the molecule is CNCC(C)C(C)N1CCCC1C(C)C. The Labute approximate surface area is 95.4 Å². The summed E-state index contributed by atoms with van der Waals surface area (Å²) < 4.78 is 0. The summed E-state index contributed by atoms with van der Waals surface area (Å²) in [5.74, 6) is 1.55. The molecule has 1 aliphatic rings. The maximum absolute atomic E-state index is 3.29. The normalized spacial score (nSPS) is 27.2. The van der Waals surface area contributed by atoms with Crippen LogP contribution in [0, 0.1) is 11.8 Å². The zero-order valence-electron chi connectivity index (χ0n) is 11.1. The average molecular weight is 212 g/mol. The van der Waals surface area contributed by atoms with Crippen LogP contribution in [0.4, 0.5) is 0 Å². The number of hydrogen-bond donors (Lipinski definition) is 1. The zero-order chi connectivity index (χ0) is 11.4. The number of nitrogens with zero attached hydrogens (tertiary/aromatic N) is 1. The van der Waals surface area contributed by atoms with Crippen molar-refractivity contribution in [3.05, 3.63) is 0 Å². The molecule has 1 aliphatic heterocycles. The Morgan fingerprint density at radius 2 is 1.93 bits per heavy atom. The Hall–Kier alpha value is -0.0800.